The lowest BCUT2D eigenvalue weighted by Crippen LogP contribution is -2.25. The zero-order chi connectivity index (χ0) is 15.9. The van der Waals surface area contributed by atoms with Gasteiger partial charge in [0, 0.05) is 24.3 Å². The van der Waals surface area contributed by atoms with Gasteiger partial charge in [-0.2, -0.15) is 0 Å². The van der Waals surface area contributed by atoms with Gasteiger partial charge < -0.3 is 10.1 Å². The van der Waals surface area contributed by atoms with Gasteiger partial charge in [0.2, 0.25) is 5.91 Å². The van der Waals surface area contributed by atoms with Gasteiger partial charge in [0.05, 0.1) is 17.8 Å². The molecular weight excluding hydrogens is 296 g/mol. The second-order valence-corrected chi connectivity index (χ2v) is 6.48. The first-order valence-electron chi connectivity index (χ1n) is 7.41. The van der Waals surface area contributed by atoms with E-state index in [1.54, 1.807) is 18.4 Å². The maximum atomic E-state index is 11.9. The van der Waals surface area contributed by atoms with Crippen molar-refractivity contribution in [3.8, 4) is 5.75 Å². The van der Waals surface area contributed by atoms with Crippen molar-refractivity contribution in [1.29, 1.82) is 0 Å². The largest absolute Gasteiger partial charge is 0.497 e. The number of rotatable bonds is 7. The summed E-state index contributed by atoms with van der Waals surface area (Å²) in [5.41, 5.74) is 2.19. The van der Waals surface area contributed by atoms with Crippen LogP contribution < -0.4 is 10.1 Å². The zero-order valence-electron chi connectivity index (χ0n) is 13.3. The van der Waals surface area contributed by atoms with E-state index in [9.17, 15) is 4.79 Å². The van der Waals surface area contributed by atoms with Crippen molar-refractivity contribution in [2.45, 2.75) is 33.1 Å². The van der Waals surface area contributed by atoms with E-state index in [2.05, 4.69) is 10.3 Å². The van der Waals surface area contributed by atoms with Crippen molar-refractivity contribution in [2.24, 2.45) is 0 Å². The van der Waals surface area contributed by atoms with Crippen molar-refractivity contribution in [3.63, 3.8) is 0 Å². The standard InChI is InChI=1S/C17H22N2O2S/c1-12-16(22-13(2)19-12)9-10-18-17(20)8-7-14-5-4-6-15(11-14)21-3/h4-6,11H,7-10H2,1-3H3,(H,18,20). The number of aromatic nitrogens is 1. The summed E-state index contributed by atoms with van der Waals surface area (Å²) in [5, 5.41) is 4.06. The minimum Gasteiger partial charge on any atom is -0.497 e. The Morgan fingerprint density at radius 1 is 1.32 bits per heavy atom. The van der Waals surface area contributed by atoms with Crippen molar-refractivity contribution < 1.29 is 9.53 Å². The van der Waals surface area contributed by atoms with Crippen LogP contribution in [0.1, 0.15) is 27.6 Å². The van der Waals surface area contributed by atoms with Crippen LogP contribution in [0.3, 0.4) is 0 Å². The number of thiazole rings is 1. The molecule has 0 aliphatic heterocycles. The Balaban J connectivity index is 1.72. The molecule has 0 saturated heterocycles. The highest BCUT2D eigenvalue weighted by Gasteiger charge is 2.06. The molecule has 0 aliphatic rings. The molecule has 1 aromatic heterocycles. The van der Waals surface area contributed by atoms with Crippen molar-refractivity contribution in [1.82, 2.24) is 10.3 Å². The predicted octanol–water partition coefficient (Wildman–Crippen LogP) is 3.06. The maximum Gasteiger partial charge on any atom is 0.220 e. The van der Waals surface area contributed by atoms with Gasteiger partial charge in [-0.25, -0.2) is 4.98 Å². The quantitative estimate of drug-likeness (QED) is 0.853. The first kappa shape index (κ1) is 16.5. The Morgan fingerprint density at radius 3 is 2.82 bits per heavy atom. The number of ether oxygens (including phenoxy) is 1. The van der Waals surface area contributed by atoms with E-state index in [1.807, 2.05) is 38.1 Å². The predicted molar refractivity (Wildman–Crippen MR) is 89.6 cm³/mol. The van der Waals surface area contributed by atoms with Crippen molar-refractivity contribution >= 4 is 17.2 Å². The summed E-state index contributed by atoms with van der Waals surface area (Å²) in [6.07, 6.45) is 2.07. The molecule has 0 unspecified atom stereocenters. The van der Waals surface area contributed by atoms with Gasteiger partial charge in [0.15, 0.2) is 0 Å². The third-order valence-electron chi connectivity index (χ3n) is 3.45. The lowest BCUT2D eigenvalue weighted by atomic mass is 10.1. The molecule has 1 amide bonds. The summed E-state index contributed by atoms with van der Waals surface area (Å²) in [6.45, 7) is 4.69. The molecule has 1 heterocycles. The molecule has 0 fully saturated rings. The number of hydrogen-bond acceptors (Lipinski definition) is 4. The molecule has 1 N–H and O–H groups in total. The van der Waals surface area contributed by atoms with Gasteiger partial charge >= 0.3 is 0 Å². The molecule has 0 atom stereocenters. The van der Waals surface area contributed by atoms with E-state index < -0.39 is 0 Å². The number of benzene rings is 1. The average molecular weight is 318 g/mol. The molecule has 118 valence electrons. The Labute approximate surface area is 135 Å². The highest BCUT2D eigenvalue weighted by Crippen LogP contribution is 2.17. The summed E-state index contributed by atoms with van der Waals surface area (Å²) in [7, 11) is 1.65. The van der Waals surface area contributed by atoms with Crippen LogP contribution in [0.5, 0.6) is 5.75 Å². The van der Waals surface area contributed by atoms with E-state index in [-0.39, 0.29) is 5.91 Å². The lowest BCUT2D eigenvalue weighted by molar-refractivity contribution is -0.121. The minimum atomic E-state index is 0.0849. The van der Waals surface area contributed by atoms with Gasteiger partial charge in [0.1, 0.15) is 5.75 Å². The summed E-state index contributed by atoms with van der Waals surface area (Å²) < 4.78 is 5.18. The smallest absolute Gasteiger partial charge is 0.220 e. The molecule has 5 heteroatoms. The normalized spacial score (nSPS) is 10.5. The average Bonchev–Trinajstić information content (AvgIpc) is 2.83. The number of nitrogens with zero attached hydrogens (tertiary/aromatic N) is 1. The topological polar surface area (TPSA) is 51.2 Å². The Morgan fingerprint density at radius 2 is 2.14 bits per heavy atom. The molecule has 0 aliphatic carbocycles. The van der Waals surface area contributed by atoms with Gasteiger partial charge in [-0.3, -0.25) is 4.79 Å². The Bertz CT molecular complexity index is 637. The molecule has 0 spiro atoms. The van der Waals surface area contributed by atoms with Gasteiger partial charge in [0.25, 0.3) is 0 Å². The van der Waals surface area contributed by atoms with Gasteiger partial charge in [-0.15, -0.1) is 11.3 Å². The Kier molecular flexibility index (Phi) is 5.95. The number of nitrogens with one attached hydrogen (secondary N) is 1. The van der Waals surface area contributed by atoms with E-state index in [0.29, 0.717) is 13.0 Å². The van der Waals surface area contributed by atoms with Crippen LogP contribution >= 0.6 is 11.3 Å². The maximum absolute atomic E-state index is 11.9. The number of methoxy groups -OCH3 is 1. The van der Waals surface area contributed by atoms with Gasteiger partial charge in [-0.05, 0) is 38.0 Å². The summed E-state index contributed by atoms with van der Waals surface area (Å²) in [5.74, 6) is 0.913. The second-order valence-electron chi connectivity index (χ2n) is 5.19. The molecule has 1 aromatic carbocycles. The van der Waals surface area contributed by atoms with Crippen LogP contribution in [-0.4, -0.2) is 24.5 Å². The molecule has 2 aromatic rings. The molecule has 22 heavy (non-hydrogen) atoms. The van der Waals surface area contributed by atoms with Crippen molar-refractivity contribution in [2.75, 3.05) is 13.7 Å². The second kappa shape index (κ2) is 7.94. The zero-order valence-corrected chi connectivity index (χ0v) is 14.1. The fraction of sp³-hybridized carbons (Fsp3) is 0.412. The number of carbonyl (C=O) groups excluding carboxylic acids is 1. The summed E-state index contributed by atoms with van der Waals surface area (Å²) >= 11 is 1.70. The van der Waals surface area contributed by atoms with E-state index >= 15 is 0 Å². The monoisotopic (exact) mass is 318 g/mol. The van der Waals surface area contributed by atoms with Gasteiger partial charge in [-0.1, -0.05) is 12.1 Å². The van der Waals surface area contributed by atoms with E-state index in [1.165, 1.54) is 4.88 Å². The van der Waals surface area contributed by atoms with Crippen LogP contribution in [0.2, 0.25) is 0 Å². The number of carbonyl (C=O) groups is 1. The van der Waals surface area contributed by atoms with E-state index in [0.717, 1.165) is 34.9 Å². The first-order valence-corrected chi connectivity index (χ1v) is 8.22. The SMILES string of the molecule is COc1cccc(CCC(=O)NCCc2sc(C)nc2C)c1. The summed E-state index contributed by atoms with van der Waals surface area (Å²) in [4.78, 5) is 17.5. The van der Waals surface area contributed by atoms with Crippen molar-refractivity contribution in [3.05, 3.63) is 45.4 Å². The highest BCUT2D eigenvalue weighted by molar-refractivity contribution is 7.11. The first-order chi connectivity index (χ1) is 10.6. The molecular formula is C17H22N2O2S. The van der Waals surface area contributed by atoms with Crippen LogP contribution in [0.4, 0.5) is 0 Å². The Hall–Kier alpha value is -1.88. The molecule has 4 nitrogen and oxygen atoms in total. The lowest BCUT2D eigenvalue weighted by Gasteiger charge is -2.06. The van der Waals surface area contributed by atoms with Crippen LogP contribution in [0, 0.1) is 13.8 Å². The number of aryl methyl sites for hydroxylation is 3. The fourth-order valence-electron chi connectivity index (χ4n) is 2.30. The van der Waals surface area contributed by atoms with Crippen LogP contribution in [0.25, 0.3) is 0 Å². The molecule has 0 radical (unpaired) electrons. The van der Waals surface area contributed by atoms with Crippen LogP contribution in [-0.2, 0) is 17.6 Å². The fourth-order valence-corrected chi connectivity index (χ4v) is 3.23. The van der Waals surface area contributed by atoms with E-state index in [4.69, 9.17) is 4.74 Å². The highest BCUT2D eigenvalue weighted by atomic mass is 32.1. The third kappa shape index (κ3) is 4.84. The number of amides is 1. The minimum absolute atomic E-state index is 0.0849. The van der Waals surface area contributed by atoms with Crippen LogP contribution in [0.15, 0.2) is 24.3 Å². The third-order valence-corrected chi connectivity index (χ3v) is 4.58. The summed E-state index contributed by atoms with van der Waals surface area (Å²) in [6, 6.07) is 7.83. The molecule has 0 bridgehead atoms. The molecule has 2 rings (SSSR count). The molecule has 0 saturated carbocycles. The number of hydrogen-bond donors (Lipinski definition) is 1.